The van der Waals surface area contributed by atoms with Gasteiger partial charge < -0.3 is 20.1 Å². The van der Waals surface area contributed by atoms with E-state index in [0.717, 1.165) is 17.7 Å². The van der Waals surface area contributed by atoms with Crippen molar-refractivity contribution in [2.24, 2.45) is 0 Å². The largest absolute Gasteiger partial charge is 0.494 e. The summed E-state index contributed by atoms with van der Waals surface area (Å²) < 4.78 is 5.46. The van der Waals surface area contributed by atoms with Crippen LogP contribution in [0.15, 0.2) is 48.5 Å². The highest BCUT2D eigenvalue weighted by Gasteiger charge is 2.30. The fraction of sp³-hybridized carbons (Fsp3) is 0.316. The van der Waals surface area contributed by atoms with E-state index in [9.17, 15) is 9.90 Å². The second-order valence-electron chi connectivity index (χ2n) is 5.73. The number of hydrogen-bond acceptors (Lipinski definition) is 3. The van der Waals surface area contributed by atoms with Gasteiger partial charge in [0, 0.05) is 18.3 Å². The van der Waals surface area contributed by atoms with Gasteiger partial charge >= 0.3 is 6.03 Å². The summed E-state index contributed by atoms with van der Waals surface area (Å²) in [6.07, 6.45) is 0.791. The van der Waals surface area contributed by atoms with Crippen LogP contribution in [0.1, 0.15) is 24.1 Å². The van der Waals surface area contributed by atoms with Gasteiger partial charge in [-0.25, -0.2) is 4.79 Å². The zero-order valence-electron chi connectivity index (χ0n) is 13.7. The number of carbonyl (C=O) groups excluding carboxylic acids is 1. The van der Waals surface area contributed by atoms with Gasteiger partial charge in [0.2, 0.25) is 0 Å². The van der Waals surface area contributed by atoms with E-state index in [1.54, 1.807) is 11.0 Å². The molecule has 5 nitrogen and oxygen atoms in total. The molecule has 0 saturated carbocycles. The lowest BCUT2D eigenvalue weighted by Gasteiger charge is -2.36. The average molecular weight is 326 g/mol. The van der Waals surface area contributed by atoms with E-state index in [2.05, 4.69) is 11.4 Å². The van der Waals surface area contributed by atoms with Crippen molar-refractivity contribution in [1.82, 2.24) is 4.90 Å². The highest BCUT2D eigenvalue weighted by atomic mass is 16.5. The molecule has 1 heterocycles. The zero-order chi connectivity index (χ0) is 16.9. The van der Waals surface area contributed by atoms with Gasteiger partial charge in [-0.3, -0.25) is 0 Å². The number of nitrogens with zero attached hydrogens (tertiary/aromatic N) is 1. The summed E-state index contributed by atoms with van der Waals surface area (Å²) in [6, 6.07) is 14.8. The Hall–Kier alpha value is -2.53. The lowest BCUT2D eigenvalue weighted by Crippen LogP contribution is -2.43. The molecule has 1 aliphatic rings. The van der Waals surface area contributed by atoms with E-state index in [1.165, 1.54) is 5.56 Å². The van der Waals surface area contributed by atoms with Crippen LogP contribution in [-0.4, -0.2) is 35.8 Å². The number of rotatable bonds is 4. The first kappa shape index (κ1) is 16.3. The standard InChI is InChI=1S/C19H22N2O3/c1-2-24-16-8-5-7-15(12-16)20-19(23)21-11-10-14-6-3-4-9-17(14)18(21)13-22/h3-9,12,18,22H,2,10-11,13H2,1H3,(H,20,23). The molecule has 2 aromatic rings. The van der Waals surface area contributed by atoms with Crippen LogP contribution in [0.4, 0.5) is 10.5 Å². The molecule has 0 radical (unpaired) electrons. The number of amides is 2. The van der Waals surface area contributed by atoms with E-state index in [1.807, 2.05) is 43.3 Å². The Kier molecular flexibility index (Phi) is 5.01. The number of aliphatic hydroxyl groups is 1. The summed E-state index contributed by atoms with van der Waals surface area (Å²) in [7, 11) is 0. The van der Waals surface area contributed by atoms with Crippen molar-refractivity contribution in [2.75, 3.05) is 25.1 Å². The molecular formula is C19H22N2O3. The first-order valence-electron chi connectivity index (χ1n) is 8.22. The smallest absolute Gasteiger partial charge is 0.322 e. The molecule has 2 amide bonds. The molecule has 126 valence electrons. The molecule has 0 aromatic heterocycles. The summed E-state index contributed by atoms with van der Waals surface area (Å²) in [6.45, 7) is 2.98. The molecule has 24 heavy (non-hydrogen) atoms. The molecule has 0 bridgehead atoms. The van der Waals surface area contributed by atoms with Gasteiger partial charge in [0.25, 0.3) is 0 Å². The molecule has 1 unspecified atom stereocenters. The summed E-state index contributed by atoms with van der Waals surface area (Å²) in [4.78, 5) is 14.4. The van der Waals surface area contributed by atoms with E-state index >= 15 is 0 Å². The summed E-state index contributed by atoms with van der Waals surface area (Å²) in [5.41, 5.74) is 2.89. The monoisotopic (exact) mass is 326 g/mol. The number of fused-ring (bicyclic) bond motifs is 1. The van der Waals surface area contributed by atoms with E-state index < -0.39 is 0 Å². The van der Waals surface area contributed by atoms with Crippen LogP contribution in [0.5, 0.6) is 5.75 Å². The quantitative estimate of drug-likeness (QED) is 0.907. The van der Waals surface area contributed by atoms with Gasteiger partial charge in [0.15, 0.2) is 0 Å². The maximum absolute atomic E-state index is 12.7. The molecule has 2 N–H and O–H groups in total. The van der Waals surface area contributed by atoms with E-state index in [-0.39, 0.29) is 18.7 Å². The molecule has 3 rings (SSSR count). The van der Waals surface area contributed by atoms with Crippen molar-refractivity contribution in [3.8, 4) is 5.75 Å². The molecule has 1 atom stereocenters. The number of anilines is 1. The minimum atomic E-state index is -0.315. The summed E-state index contributed by atoms with van der Waals surface area (Å²) in [5.74, 6) is 0.720. The third-order valence-corrected chi connectivity index (χ3v) is 4.24. The van der Waals surface area contributed by atoms with Crippen molar-refractivity contribution in [1.29, 1.82) is 0 Å². The Morgan fingerprint density at radius 1 is 1.29 bits per heavy atom. The number of nitrogens with one attached hydrogen (secondary N) is 1. The van der Waals surface area contributed by atoms with Crippen LogP contribution in [0, 0.1) is 0 Å². The number of carbonyl (C=O) groups is 1. The number of benzene rings is 2. The second kappa shape index (κ2) is 7.36. The molecule has 0 saturated heterocycles. The van der Waals surface area contributed by atoms with E-state index in [0.29, 0.717) is 18.8 Å². The van der Waals surface area contributed by atoms with Crippen molar-refractivity contribution >= 4 is 11.7 Å². The Balaban J connectivity index is 1.76. The Labute approximate surface area is 141 Å². The fourth-order valence-corrected chi connectivity index (χ4v) is 3.12. The third-order valence-electron chi connectivity index (χ3n) is 4.24. The van der Waals surface area contributed by atoms with E-state index in [4.69, 9.17) is 4.74 Å². The predicted molar refractivity (Wildman–Crippen MR) is 93.3 cm³/mol. The third kappa shape index (κ3) is 3.36. The van der Waals surface area contributed by atoms with Crippen molar-refractivity contribution in [3.63, 3.8) is 0 Å². The SMILES string of the molecule is CCOc1cccc(NC(=O)N2CCc3ccccc3C2CO)c1. The van der Waals surface area contributed by atoms with Crippen LogP contribution in [0.25, 0.3) is 0 Å². The van der Waals surface area contributed by atoms with Gasteiger partial charge in [-0.1, -0.05) is 30.3 Å². The van der Waals surface area contributed by atoms with Gasteiger partial charge in [-0.15, -0.1) is 0 Å². The second-order valence-corrected chi connectivity index (χ2v) is 5.73. The molecule has 0 spiro atoms. The number of hydrogen-bond donors (Lipinski definition) is 2. The first-order chi connectivity index (χ1) is 11.7. The Morgan fingerprint density at radius 3 is 2.92 bits per heavy atom. The molecular weight excluding hydrogens is 304 g/mol. The zero-order valence-corrected chi connectivity index (χ0v) is 13.7. The molecule has 0 aliphatic carbocycles. The number of urea groups is 1. The van der Waals surface area contributed by atoms with Crippen molar-refractivity contribution in [3.05, 3.63) is 59.7 Å². The van der Waals surface area contributed by atoms with Crippen molar-refractivity contribution < 1.29 is 14.6 Å². The average Bonchev–Trinajstić information content (AvgIpc) is 2.61. The number of aliphatic hydroxyl groups excluding tert-OH is 1. The molecule has 0 fully saturated rings. The van der Waals surface area contributed by atoms with Crippen LogP contribution >= 0.6 is 0 Å². The first-order valence-corrected chi connectivity index (χ1v) is 8.22. The van der Waals surface area contributed by atoms with Gasteiger partial charge in [-0.2, -0.15) is 0 Å². The molecule has 1 aliphatic heterocycles. The topological polar surface area (TPSA) is 61.8 Å². The van der Waals surface area contributed by atoms with Crippen LogP contribution < -0.4 is 10.1 Å². The minimum Gasteiger partial charge on any atom is -0.494 e. The fourth-order valence-electron chi connectivity index (χ4n) is 3.12. The summed E-state index contributed by atoms with van der Waals surface area (Å²) in [5, 5.41) is 12.7. The lowest BCUT2D eigenvalue weighted by atomic mass is 9.93. The maximum atomic E-state index is 12.7. The normalized spacial score (nSPS) is 16.4. The lowest BCUT2D eigenvalue weighted by molar-refractivity contribution is 0.135. The molecule has 2 aromatic carbocycles. The number of ether oxygens (including phenoxy) is 1. The van der Waals surface area contributed by atoms with Gasteiger partial charge in [0.1, 0.15) is 5.75 Å². The van der Waals surface area contributed by atoms with Gasteiger partial charge in [-0.05, 0) is 36.6 Å². The van der Waals surface area contributed by atoms with Crippen LogP contribution in [-0.2, 0) is 6.42 Å². The Bertz CT molecular complexity index is 717. The summed E-state index contributed by atoms with van der Waals surface area (Å²) >= 11 is 0. The highest BCUT2D eigenvalue weighted by molar-refractivity contribution is 5.90. The predicted octanol–water partition coefficient (Wildman–Crippen LogP) is 3.21. The molecule has 5 heteroatoms. The van der Waals surface area contributed by atoms with Crippen LogP contribution in [0.2, 0.25) is 0 Å². The van der Waals surface area contributed by atoms with Crippen molar-refractivity contribution in [2.45, 2.75) is 19.4 Å². The maximum Gasteiger partial charge on any atom is 0.322 e. The minimum absolute atomic E-state index is 0.0938. The van der Waals surface area contributed by atoms with Crippen LogP contribution in [0.3, 0.4) is 0 Å². The highest BCUT2D eigenvalue weighted by Crippen LogP contribution is 2.30. The van der Waals surface area contributed by atoms with Gasteiger partial charge in [0.05, 0.1) is 19.3 Å². The Morgan fingerprint density at radius 2 is 2.12 bits per heavy atom.